The number of hydrogen-bond acceptors (Lipinski definition) is 9. The van der Waals surface area contributed by atoms with Crippen LogP contribution in [-0.2, 0) is 33.2 Å². The molecule has 15 nitrogen and oxygen atoms in total. The minimum atomic E-state index is -4.00. The van der Waals surface area contributed by atoms with Crippen LogP contribution < -0.4 is 10.3 Å². The first-order chi connectivity index (χ1) is 20.5. The van der Waals surface area contributed by atoms with Gasteiger partial charge in [-0.2, -0.15) is 9.14 Å². The smallest absolute Gasteiger partial charge is 0.475 e. The molecule has 3 heterocycles. The normalized spacial score (nSPS) is 15.3. The molecule has 16 heteroatoms. The highest BCUT2D eigenvalue weighted by atomic mass is 32.2. The average molecular weight is 622 g/mol. The zero-order valence-corrected chi connectivity index (χ0v) is 25.2. The third-order valence-electron chi connectivity index (χ3n) is 7.36. The summed E-state index contributed by atoms with van der Waals surface area (Å²) in [6.07, 6.45) is 3.72. The number of aryl methyl sites for hydroxylation is 2. The number of sulfonamides is 1. The lowest BCUT2D eigenvalue weighted by Crippen LogP contribution is -2.43. The summed E-state index contributed by atoms with van der Waals surface area (Å²) in [5.41, 5.74) is 1.90. The topological polar surface area (TPSA) is 182 Å². The van der Waals surface area contributed by atoms with Crippen LogP contribution in [0, 0.1) is 16.0 Å². The maximum absolute atomic E-state index is 13.8. The number of aromatic amines is 1. The van der Waals surface area contributed by atoms with E-state index in [1.165, 1.54) is 16.4 Å². The number of fused-ring (bicyclic) bond motifs is 1. The first-order valence-corrected chi connectivity index (χ1v) is 15.5. The van der Waals surface area contributed by atoms with Crippen molar-refractivity contribution < 1.29 is 38.0 Å². The van der Waals surface area contributed by atoms with Crippen LogP contribution in [0.3, 0.4) is 0 Å². The summed E-state index contributed by atoms with van der Waals surface area (Å²) < 4.78 is 36.5. The minimum absolute atomic E-state index is 0.00864. The van der Waals surface area contributed by atoms with Gasteiger partial charge in [0.05, 0.1) is 22.6 Å². The number of piperidine rings is 1. The Labute approximate surface area is 248 Å². The summed E-state index contributed by atoms with van der Waals surface area (Å²) in [5.74, 6) is 0.199. The van der Waals surface area contributed by atoms with Crippen LogP contribution in [0.1, 0.15) is 45.1 Å². The van der Waals surface area contributed by atoms with Crippen LogP contribution in [0.5, 0.6) is 5.75 Å². The van der Waals surface area contributed by atoms with Crippen LogP contribution >= 0.6 is 0 Å². The van der Waals surface area contributed by atoms with E-state index < -0.39 is 21.2 Å². The SMILES string of the molecule is C=[N+]([O-])OC[C@H](O[N+](=O)O)C1CCN(S(=O)(=O)c2ccc(OCCC)c(-c3nc4c(CCC)cn(C)c4c(=O)[nH]3)c2)CC1. The van der Waals surface area contributed by atoms with Gasteiger partial charge in [0, 0.05) is 37.2 Å². The summed E-state index contributed by atoms with van der Waals surface area (Å²) in [6, 6.07) is 4.47. The third-order valence-corrected chi connectivity index (χ3v) is 9.25. The highest BCUT2D eigenvalue weighted by Crippen LogP contribution is 2.34. The molecule has 0 unspecified atom stereocenters. The number of hydrogen-bond donors (Lipinski definition) is 2. The molecule has 43 heavy (non-hydrogen) atoms. The first-order valence-electron chi connectivity index (χ1n) is 14.0. The molecule has 1 aliphatic heterocycles. The van der Waals surface area contributed by atoms with E-state index in [0.29, 0.717) is 35.4 Å². The monoisotopic (exact) mass is 621 g/mol. The number of ether oxygens (including phenoxy) is 1. The quantitative estimate of drug-likeness (QED) is 0.154. The second-order valence-electron chi connectivity index (χ2n) is 10.4. The fourth-order valence-corrected chi connectivity index (χ4v) is 6.81. The fourth-order valence-electron chi connectivity index (χ4n) is 5.31. The van der Waals surface area contributed by atoms with Gasteiger partial charge in [0.25, 0.3) is 5.56 Å². The van der Waals surface area contributed by atoms with Gasteiger partial charge < -0.3 is 19.1 Å². The van der Waals surface area contributed by atoms with Gasteiger partial charge >= 0.3 is 5.09 Å². The Morgan fingerprint density at radius 2 is 1.98 bits per heavy atom. The summed E-state index contributed by atoms with van der Waals surface area (Å²) in [6.45, 7) is 7.19. The van der Waals surface area contributed by atoms with Crippen molar-refractivity contribution in [1.82, 2.24) is 18.8 Å². The molecule has 1 saturated heterocycles. The molecule has 0 spiro atoms. The van der Waals surface area contributed by atoms with E-state index in [1.807, 2.05) is 20.0 Å². The molecule has 2 aromatic heterocycles. The predicted molar refractivity (Wildman–Crippen MR) is 155 cm³/mol. The molecular formula is C27H37N6O9S+. The summed E-state index contributed by atoms with van der Waals surface area (Å²) in [4.78, 5) is 41.3. The van der Waals surface area contributed by atoms with Crippen molar-refractivity contribution in [2.24, 2.45) is 13.0 Å². The average Bonchev–Trinajstić information content (AvgIpc) is 3.29. The second kappa shape index (κ2) is 13.4. The van der Waals surface area contributed by atoms with Gasteiger partial charge in [-0.3, -0.25) is 10.0 Å². The molecule has 234 valence electrons. The van der Waals surface area contributed by atoms with E-state index in [-0.39, 0.29) is 59.6 Å². The van der Waals surface area contributed by atoms with E-state index in [4.69, 9.17) is 24.6 Å². The molecule has 1 fully saturated rings. The first kappa shape index (κ1) is 31.7. The van der Waals surface area contributed by atoms with Crippen molar-refractivity contribution in [3.05, 3.63) is 50.4 Å². The van der Waals surface area contributed by atoms with Gasteiger partial charge in [-0.1, -0.05) is 20.3 Å². The van der Waals surface area contributed by atoms with Gasteiger partial charge in [-0.05, 0) is 49.4 Å². The zero-order chi connectivity index (χ0) is 31.3. The Kier molecular flexibility index (Phi) is 9.91. The standard InChI is InChI=1S/C27H36N6O9S/c1-5-7-19-16-30(3)25-24(19)28-26(29-27(25)34)21-15-20(8-9-22(21)40-14-6-2)43(38,39)32-12-10-18(11-13-32)23(42-33(36)37)17-41-31(4)35/h8-9,15-16,18,23H,4-7,10-14,17H2,1-3H3,(H-,28,29,34,36,37)/p+1/t23-/m0/s1. The maximum atomic E-state index is 13.8. The van der Waals surface area contributed by atoms with Crippen molar-refractivity contribution in [2.75, 3.05) is 26.3 Å². The van der Waals surface area contributed by atoms with Gasteiger partial charge in [0.1, 0.15) is 28.6 Å². The van der Waals surface area contributed by atoms with E-state index >= 15 is 0 Å². The van der Waals surface area contributed by atoms with Crippen molar-refractivity contribution in [2.45, 2.75) is 57.0 Å². The summed E-state index contributed by atoms with van der Waals surface area (Å²) >= 11 is 0. The summed E-state index contributed by atoms with van der Waals surface area (Å²) in [7, 11) is -2.22. The lowest BCUT2D eigenvalue weighted by Gasteiger charge is -2.33. The molecule has 1 atom stereocenters. The molecule has 0 bridgehead atoms. The van der Waals surface area contributed by atoms with E-state index in [0.717, 1.165) is 18.4 Å². The number of nitrogens with zero attached hydrogens (tertiary/aromatic N) is 5. The predicted octanol–water partition coefficient (Wildman–Crippen LogP) is 2.68. The van der Waals surface area contributed by atoms with E-state index in [9.17, 15) is 23.3 Å². The van der Waals surface area contributed by atoms with Gasteiger partial charge in [-0.25, -0.2) is 18.6 Å². The van der Waals surface area contributed by atoms with Crippen molar-refractivity contribution >= 4 is 27.8 Å². The Bertz CT molecular complexity index is 1640. The molecule has 4 rings (SSSR count). The number of H-pyrrole nitrogens is 1. The Balaban J connectivity index is 1.66. The third kappa shape index (κ3) is 7.07. The lowest BCUT2D eigenvalue weighted by atomic mass is 9.92. The Hall–Kier alpha value is -4.18. The van der Waals surface area contributed by atoms with Crippen molar-refractivity contribution in [1.29, 1.82) is 0 Å². The molecule has 0 radical (unpaired) electrons. The van der Waals surface area contributed by atoms with Gasteiger partial charge in [0.2, 0.25) is 10.0 Å². The lowest BCUT2D eigenvalue weighted by molar-refractivity contribution is -0.983. The number of nitrogens with one attached hydrogen (secondary N) is 1. The van der Waals surface area contributed by atoms with Crippen molar-refractivity contribution in [3.8, 4) is 17.1 Å². The molecule has 0 amide bonds. The Morgan fingerprint density at radius 3 is 2.60 bits per heavy atom. The number of aromatic nitrogens is 3. The highest BCUT2D eigenvalue weighted by molar-refractivity contribution is 7.89. The van der Waals surface area contributed by atoms with Gasteiger partial charge in [0.15, 0.2) is 12.8 Å². The molecule has 2 N–H and O–H groups in total. The highest BCUT2D eigenvalue weighted by Gasteiger charge is 2.37. The van der Waals surface area contributed by atoms with Crippen LogP contribution in [-0.4, -0.2) is 81.6 Å². The fraction of sp³-hybridized carbons (Fsp3) is 0.519. The minimum Gasteiger partial charge on any atom is -0.493 e. The molecule has 0 aliphatic carbocycles. The summed E-state index contributed by atoms with van der Waals surface area (Å²) in [5, 5.41) is 19.3. The van der Waals surface area contributed by atoms with E-state index in [2.05, 4.69) is 11.7 Å². The molecule has 1 aliphatic rings. The zero-order valence-electron chi connectivity index (χ0n) is 24.4. The molecular weight excluding hydrogens is 584 g/mol. The maximum Gasteiger partial charge on any atom is 0.475 e. The number of benzene rings is 1. The van der Waals surface area contributed by atoms with Crippen LogP contribution in [0.2, 0.25) is 0 Å². The van der Waals surface area contributed by atoms with Crippen molar-refractivity contribution in [3.63, 3.8) is 0 Å². The Morgan fingerprint density at radius 1 is 1.26 bits per heavy atom. The van der Waals surface area contributed by atoms with E-state index in [1.54, 1.807) is 17.7 Å². The molecule has 0 saturated carbocycles. The molecule has 3 aromatic rings. The largest absolute Gasteiger partial charge is 0.493 e. The van der Waals surface area contributed by atoms with Crippen LogP contribution in [0.15, 0.2) is 34.1 Å². The number of rotatable bonds is 14. The second-order valence-corrected chi connectivity index (χ2v) is 12.3. The van der Waals surface area contributed by atoms with Crippen LogP contribution in [0.25, 0.3) is 22.4 Å². The van der Waals surface area contributed by atoms with Gasteiger partial charge in [-0.15, -0.1) is 0 Å². The molecule has 1 aromatic carbocycles. The van der Waals surface area contributed by atoms with Crippen LogP contribution in [0.4, 0.5) is 0 Å².